The smallest absolute Gasteiger partial charge is 0.363 e. The predicted molar refractivity (Wildman–Crippen MR) is 49.0 cm³/mol. The molecule has 1 aromatic carbocycles. The molecular formula is C9H9ClO3. The second-order valence-electron chi connectivity index (χ2n) is 2.64. The van der Waals surface area contributed by atoms with E-state index in [1.54, 1.807) is 30.3 Å². The summed E-state index contributed by atoms with van der Waals surface area (Å²) in [6.45, 7) is 1.28. The lowest BCUT2D eigenvalue weighted by Gasteiger charge is -2.18. The van der Waals surface area contributed by atoms with E-state index in [-0.39, 0.29) is 0 Å². The number of carboxylic acid groups (broad SMARTS) is 1. The minimum Gasteiger partial charge on any atom is -0.477 e. The Labute approximate surface area is 80.9 Å². The molecule has 13 heavy (non-hydrogen) atoms. The van der Waals surface area contributed by atoms with Crippen LogP contribution in [0.2, 0.25) is 0 Å². The van der Waals surface area contributed by atoms with Crippen molar-refractivity contribution in [3.8, 4) is 5.75 Å². The van der Waals surface area contributed by atoms with E-state index >= 15 is 0 Å². The summed E-state index contributed by atoms with van der Waals surface area (Å²) >= 11 is 5.58. The largest absolute Gasteiger partial charge is 0.477 e. The lowest BCUT2D eigenvalue weighted by molar-refractivity contribution is -0.147. The quantitative estimate of drug-likeness (QED) is 0.761. The number of ether oxygens (including phenoxy) is 1. The van der Waals surface area contributed by atoms with Crippen molar-refractivity contribution in [2.75, 3.05) is 0 Å². The Balaban J connectivity index is 2.75. The zero-order valence-electron chi connectivity index (χ0n) is 7.03. The molecule has 0 amide bonds. The van der Waals surface area contributed by atoms with Crippen LogP contribution < -0.4 is 4.74 Å². The normalized spacial score (nSPS) is 14.6. The molecule has 0 aliphatic carbocycles. The number of halogens is 1. The molecule has 1 atom stereocenters. The second-order valence-corrected chi connectivity index (χ2v) is 3.36. The van der Waals surface area contributed by atoms with E-state index in [1.807, 2.05) is 0 Å². The summed E-state index contributed by atoms with van der Waals surface area (Å²) in [5, 5.41) is 6.94. The number of benzene rings is 1. The SMILES string of the molecule is CC(Cl)(Oc1ccccc1)C(=O)O. The van der Waals surface area contributed by atoms with E-state index in [0.29, 0.717) is 5.75 Å². The molecule has 0 radical (unpaired) electrons. The van der Waals surface area contributed by atoms with Crippen molar-refractivity contribution in [1.82, 2.24) is 0 Å². The van der Waals surface area contributed by atoms with E-state index < -0.39 is 11.0 Å². The predicted octanol–water partition coefficient (Wildman–Crippen LogP) is 2.10. The summed E-state index contributed by atoms with van der Waals surface area (Å²) in [6, 6.07) is 8.57. The van der Waals surface area contributed by atoms with Crippen LogP contribution in [0.5, 0.6) is 5.75 Å². The van der Waals surface area contributed by atoms with Gasteiger partial charge in [0.25, 0.3) is 5.06 Å². The molecule has 4 heteroatoms. The van der Waals surface area contributed by atoms with Crippen LogP contribution in [-0.2, 0) is 4.79 Å². The van der Waals surface area contributed by atoms with Crippen LogP contribution in [-0.4, -0.2) is 16.1 Å². The summed E-state index contributed by atoms with van der Waals surface area (Å²) in [5.74, 6) is -0.777. The molecular weight excluding hydrogens is 192 g/mol. The highest BCUT2D eigenvalue weighted by molar-refractivity contribution is 6.32. The highest BCUT2D eigenvalue weighted by Crippen LogP contribution is 2.21. The topological polar surface area (TPSA) is 46.5 Å². The van der Waals surface area contributed by atoms with Gasteiger partial charge in [0.2, 0.25) is 0 Å². The summed E-state index contributed by atoms with van der Waals surface area (Å²) < 4.78 is 5.03. The Morgan fingerprint density at radius 2 is 2.00 bits per heavy atom. The van der Waals surface area contributed by atoms with Crippen molar-refractivity contribution in [2.45, 2.75) is 12.0 Å². The number of carbonyl (C=O) groups is 1. The number of para-hydroxylation sites is 1. The first kappa shape index (κ1) is 9.86. The minimum absolute atomic E-state index is 0.433. The van der Waals surface area contributed by atoms with Gasteiger partial charge in [-0.25, -0.2) is 4.79 Å². The fourth-order valence-electron chi connectivity index (χ4n) is 0.754. The fraction of sp³-hybridized carbons (Fsp3) is 0.222. The monoisotopic (exact) mass is 200 g/mol. The third-order valence-electron chi connectivity index (χ3n) is 1.43. The van der Waals surface area contributed by atoms with E-state index in [4.69, 9.17) is 21.4 Å². The maximum absolute atomic E-state index is 10.6. The van der Waals surface area contributed by atoms with Gasteiger partial charge in [-0.3, -0.25) is 0 Å². The number of alkyl halides is 1. The van der Waals surface area contributed by atoms with Gasteiger partial charge in [-0.15, -0.1) is 0 Å². The molecule has 0 aliphatic heterocycles. The standard InChI is InChI=1S/C9H9ClO3/c1-9(10,8(11)12)13-7-5-3-2-4-6-7/h2-6H,1H3,(H,11,12). The Kier molecular flexibility index (Phi) is 2.78. The van der Waals surface area contributed by atoms with Gasteiger partial charge < -0.3 is 9.84 Å². The highest BCUT2D eigenvalue weighted by Gasteiger charge is 2.32. The summed E-state index contributed by atoms with van der Waals surface area (Å²) in [4.78, 5) is 10.6. The lowest BCUT2D eigenvalue weighted by Crippen LogP contribution is -2.35. The number of aliphatic carboxylic acids is 1. The Morgan fingerprint density at radius 3 is 2.46 bits per heavy atom. The van der Waals surface area contributed by atoms with Crippen molar-refractivity contribution in [3.05, 3.63) is 30.3 Å². The zero-order valence-corrected chi connectivity index (χ0v) is 7.78. The van der Waals surface area contributed by atoms with Crippen molar-refractivity contribution in [3.63, 3.8) is 0 Å². The molecule has 0 fully saturated rings. The summed E-state index contributed by atoms with van der Waals surface area (Å²) in [6.07, 6.45) is 0. The summed E-state index contributed by atoms with van der Waals surface area (Å²) in [7, 11) is 0. The molecule has 0 saturated heterocycles. The average Bonchev–Trinajstić information content (AvgIpc) is 2.05. The van der Waals surface area contributed by atoms with Crippen molar-refractivity contribution in [2.24, 2.45) is 0 Å². The Bertz CT molecular complexity index is 295. The van der Waals surface area contributed by atoms with Gasteiger partial charge in [0.15, 0.2) is 0 Å². The summed E-state index contributed by atoms with van der Waals surface area (Å²) in [5.41, 5.74) is 0. The van der Waals surface area contributed by atoms with Crippen LogP contribution in [0.3, 0.4) is 0 Å². The zero-order chi connectivity index (χ0) is 9.90. The maximum Gasteiger partial charge on any atom is 0.363 e. The first-order valence-electron chi connectivity index (χ1n) is 3.69. The van der Waals surface area contributed by atoms with Gasteiger partial charge >= 0.3 is 5.97 Å². The van der Waals surface area contributed by atoms with E-state index in [0.717, 1.165) is 0 Å². The van der Waals surface area contributed by atoms with Gasteiger partial charge in [0.05, 0.1) is 0 Å². The van der Waals surface area contributed by atoms with Crippen LogP contribution in [0.15, 0.2) is 30.3 Å². The van der Waals surface area contributed by atoms with Crippen LogP contribution in [0, 0.1) is 0 Å². The van der Waals surface area contributed by atoms with Crippen LogP contribution in [0.25, 0.3) is 0 Å². The number of hydrogen-bond acceptors (Lipinski definition) is 2. The molecule has 3 nitrogen and oxygen atoms in total. The molecule has 1 aromatic rings. The molecule has 0 saturated carbocycles. The molecule has 1 unspecified atom stereocenters. The molecule has 0 aromatic heterocycles. The second kappa shape index (κ2) is 3.66. The molecule has 1 N–H and O–H groups in total. The van der Waals surface area contributed by atoms with Gasteiger partial charge in [0.1, 0.15) is 5.75 Å². The molecule has 0 spiro atoms. The molecule has 70 valence electrons. The first-order chi connectivity index (χ1) is 6.02. The van der Waals surface area contributed by atoms with Gasteiger partial charge in [-0.05, 0) is 12.1 Å². The Morgan fingerprint density at radius 1 is 1.46 bits per heavy atom. The number of hydrogen-bond donors (Lipinski definition) is 1. The van der Waals surface area contributed by atoms with Crippen LogP contribution in [0.4, 0.5) is 0 Å². The first-order valence-corrected chi connectivity index (χ1v) is 4.06. The fourth-order valence-corrected chi connectivity index (χ4v) is 0.843. The lowest BCUT2D eigenvalue weighted by atomic mass is 10.3. The third-order valence-corrected chi connectivity index (χ3v) is 1.67. The van der Waals surface area contributed by atoms with Crippen molar-refractivity contribution < 1.29 is 14.6 Å². The molecule has 1 rings (SSSR count). The minimum atomic E-state index is -1.71. The third kappa shape index (κ3) is 2.63. The highest BCUT2D eigenvalue weighted by atomic mass is 35.5. The van der Waals surface area contributed by atoms with Gasteiger partial charge in [0, 0.05) is 6.92 Å². The molecule has 0 aliphatic rings. The Hall–Kier alpha value is -1.22. The van der Waals surface area contributed by atoms with E-state index in [1.165, 1.54) is 6.92 Å². The maximum atomic E-state index is 10.6. The van der Waals surface area contributed by atoms with Crippen molar-refractivity contribution in [1.29, 1.82) is 0 Å². The van der Waals surface area contributed by atoms with E-state index in [2.05, 4.69) is 0 Å². The van der Waals surface area contributed by atoms with Crippen LogP contribution in [0.1, 0.15) is 6.92 Å². The van der Waals surface area contributed by atoms with Crippen molar-refractivity contribution >= 4 is 17.6 Å². The average molecular weight is 201 g/mol. The molecule has 0 bridgehead atoms. The molecule has 0 heterocycles. The number of rotatable bonds is 3. The number of carboxylic acids is 1. The van der Waals surface area contributed by atoms with Gasteiger partial charge in [-0.1, -0.05) is 29.8 Å². The van der Waals surface area contributed by atoms with Crippen LogP contribution >= 0.6 is 11.6 Å². The van der Waals surface area contributed by atoms with Gasteiger partial charge in [-0.2, -0.15) is 0 Å². The van der Waals surface area contributed by atoms with E-state index in [9.17, 15) is 4.79 Å².